The third-order valence-corrected chi connectivity index (χ3v) is 3.34. The van der Waals surface area contributed by atoms with Gasteiger partial charge >= 0.3 is 0 Å². The van der Waals surface area contributed by atoms with Gasteiger partial charge in [0.1, 0.15) is 0 Å². The molecule has 2 aromatic rings. The first-order valence-electron chi connectivity index (χ1n) is 7.21. The molecule has 3 rings (SSSR count). The van der Waals surface area contributed by atoms with E-state index in [1.165, 1.54) is 0 Å². The van der Waals surface area contributed by atoms with Gasteiger partial charge in [-0.3, -0.25) is 4.79 Å². The Morgan fingerprint density at radius 3 is 2.90 bits per heavy atom. The van der Waals surface area contributed by atoms with E-state index in [0.29, 0.717) is 29.9 Å². The summed E-state index contributed by atoms with van der Waals surface area (Å²) in [7, 11) is 0. The van der Waals surface area contributed by atoms with Gasteiger partial charge in [-0.2, -0.15) is 4.98 Å². The second-order valence-electron chi connectivity index (χ2n) is 5.10. The van der Waals surface area contributed by atoms with Crippen LogP contribution in [0.1, 0.15) is 41.8 Å². The number of hydrogen-bond acceptors (Lipinski definition) is 5. The highest BCUT2D eigenvalue weighted by molar-refractivity contribution is 5.99. The first-order valence-corrected chi connectivity index (χ1v) is 7.21. The second-order valence-corrected chi connectivity index (χ2v) is 5.10. The molecule has 1 aromatic heterocycles. The number of carbonyl (C=O) groups is 1. The Hall–Kier alpha value is -2.37. The van der Waals surface area contributed by atoms with Crippen molar-refractivity contribution >= 4 is 11.6 Å². The number of carbonyl (C=O) groups excluding carboxylic acids is 1. The molecule has 6 nitrogen and oxygen atoms in total. The Balaban J connectivity index is 1.67. The van der Waals surface area contributed by atoms with Crippen LogP contribution in [0, 0.1) is 0 Å². The average molecular weight is 286 g/mol. The topological polar surface area (TPSA) is 80.0 Å². The SMILES string of the molecule is CCc1noc(CNc2ccccc2C(=O)NC2CC2)n1. The van der Waals surface area contributed by atoms with Crippen molar-refractivity contribution in [3.63, 3.8) is 0 Å². The van der Waals surface area contributed by atoms with E-state index in [1.807, 2.05) is 31.2 Å². The smallest absolute Gasteiger partial charge is 0.253 e. The van der Waals surface area contributed by atoms with Crippen molar-refractivity contribution in [2.45, 2.75) is 38.8 Å². The Bertz CT molecular complexity index is 634. The molecule has 0 saturated heterocycles. The number of nitrogens with one attached hydrogen (secondary N) is 2. The highest BCUT2D eigenvalue weighted by atomic mass is 16.5. The van der Waals surface area contributed by atoms with Crippen LogP contribution in [-0.2, 0) is 13.0 Å². The first kappa shape index (κ1) is 13.6. The van der Waals surface area contributed by atoms with E-state index in [0.717, 1.165) is 24.9 Å². The molecule has 1 aliphatic carbocycles. The molecule has 0 unspecified atom stereocenters. The van der Waals surface area contributed by atoms with Crippen molar-refractivity contribution in [3.8, 4) is 0 Å². The van der Waals surface area contributed by atoms with Gasteiger partial charge in [-0.25, -0.2) is 0 Å². The van der Waals surface area contributed by atoms with Crippen LogP contribution in [0.5, 0.6) is 0 Å². The molecule has 1 saturated carbocycles. The Labute approximate surface area is 122 Å². The van der Waals surface area contributed by atoms with E-state index < -0.39 is 0 Å². The fraction of sp³-hybridized carbons (Fsp3) is 0.400. The number of nitrogens with zero attached hydrogens (tertiary/aromatic N) is 2. The zero-order valence-corrected chi connectivity index (χ0v) is 11.9. The summed E-state index contributed by atoms with van der Waals surface area (Å²) < 4.78 is 5.13. The summed E-state index contributed by atoms with van der Waals surface area (Å²) >= 11 is 0. The predicted octanol–water partition coefficient (Wildman–Crippen LogP) is 2.14. The van der Waals surface area contributed by atoms with Gasteiger partial charge in [-0.15, -0.1) is 0 Å². The molecule has 0 radical (unpaired) electrons. The van der Waals surface area contributed by atoms with Gasteiger partial charge in [0, 0.05) is 18.2 Å². The summed E-state index contributed by atoms with van der Waals surface area (Å²) in [6, 6.07) is 7.77. The molecule has 1 aromatic carbocycles. The lowest BCUT2D eigenvalue weighted by molar-refractivity contribution is 0.0952. The Morgan fingerprint density at radius 1 is 1.38 bits per heavy atom. The number of anilines is 1. The van der Waals surface area contributed by atoms with Crippen LogP contribution in [0.15, 0.2) is 28.8 Å². The summed E-state index contributed by atoms with van der Waals surface area (Å²) in [5.74, 6) is 1.16. The van der Waals surface area contributed by atoms with Crippen LogP contribution < -0.4 is 10.6 Å². The van der Waals surface area contributed by atoms with E-state index in [2.05, 4.69) is 20.8 Å². The fourth-order valence-electron chi connectivity index (χ4n) is 2.00. The highest BCUT2D eigenvalue weighted by Gasteiger charge is 2.24. The monoisotopic (exact) mass is 286 g/mol. The first-order chi connectivity index (χ1) is 10.3. The Kier molecular flexibility index (Phi) is 3.85. The molecule has 21 heavy (non-hydrogen) atoms. The summed E-state index contributed by atoms with van der Waals surface area (Å²) in [6.07, 6.45) is 2.89. The Morgan fingerprint density at radius 2 is 2.19 bits per heavy atom. The zero-order chi connectivity index (χ0) is 14.7. The van der Waals surface area contributed by atoms with Crippen LogP contribution in [0.3, 0.4) is 0 Å². The summed E-state index contributed by atoms with van der Waals surface area (Å²) in [6.45, 7) is 2.38. The molecule has 1 heterocycles. The third kappa shape index (κ3) is 3.39. The number of rotatable bonds is 6. The molecule has 0 aliphatic heterocycles. The predicted molar refractivity (Wildman–Crippen MR) is 77.9 cm³/mol. The minimum atomic E-state index is -0.0413. The molecule has 1 amide bonds. The minimum Gasteiger partial charge on any atom is -0.375 e. The van der Waals surface area contributed by atoms with Gasteiger partial charge in [0.15, 0.2) is 5.82 Å². The van der Waals surface area contributed by atoms with Gasteiger partial charge in [0.05, 0.1) is 12.1 Å². The van der Waals surface area contributed by atoms with Crippen molar-refractivity contribution in [1.82, 2.24) is 15.5 Å². The second kappa shape index (κ2) is 5.95. The standard InChI is InChI=1S/C15H18N4O2/c1-2-13-18-14(21-19-13)9-16-12-6-4-3-5-11(12)15(20)17-10-7-8-10/h3-6,10,16H,2,7-9H2,1H3,(H,17,20). The highest BCUT2D eigenvalue weighted by Crippen LogP contribution is 2.21. The molecule has 1 aliphatic rings. The maximum Gasteiger partial charge on any atom is 0.253 e. The van der Waals surface area contributed by atoms with Crippen LogP contribution in [-0.4, -0.2) is 22.1 Å². The van der Waals surface area contributed by atoms with E-state index >= 15 is 0 Å². The number of aromatic nitrogens is 2. The molecule has 6 heteroatoms. The summed E-state index contributed by atoms with van der Waals surface area (Å²) in [4.78, 5) is 16.4. The zero-order valence-electron chi connectivity index (χ0n) is 11.9. The minimum absolute atomic E-state index is 0.0413. The van der Waals surface area contributed by atoms with Gasteiger partial charge < -0.3 is 15.2 Å². The number of benzene rings is 1. The summed E-state index contributed by atoms with van der Waals surface area (Å²) in [5, 5.41) is 10.0. The maximum atomic E-state index is 12.2. The summed E-state index contributed by atoms with van der Waals surface area (Å²) in [5.41, 5.74) is 1.41. The van der Waals surface area contributed by atoms with Crippen molar-refractivity contribution in [2.75, 3.05) is 5.32 Å². The quantitative estimate of drug-likeness (QED) is 0.850. The van der Waals surface area contributed by atoms with Crippen LogP contribution >= 0.6 is 0 Å². The van der Waals surface area contributed by atoms with Gasteiger partial charge in [0.2, 0.25) is 5.89 Å². The van der Waals surface area contributed by atoms with Crippen molar-refractivity contribution in [1.29, 1.82) is 0 Å². The molecular formula is C15H18N4O2. The van der Waals surface area contributed by atoms with Crippen LogP contribution in [0.4, 0.5) is 5.69 Å². The fourth-order valence-corrected chi connectivity index (χ4v) is 2.00. The molecular weight excluding hydrogens is 268 g/mol. The molecule has 0 bridgehead atoms. The lowest BCUT2D eigenvalue weighted by Gasteiger charge is -2.10. The molecule has 0 spiro atoms. The van der Waals surface area contributed by atoms with Gasteiger partial charge in [-0.05, 0) is 25.0 Å². The van der Waals surface area contributed by atoms with E-state index in [1.54, 1.807) is 0 Å². The van der Waals surface area contributed by atoms with Crippen LogP contribution in [0.25, 0.3) is 0 Å². The van der Waals surface area contributed by atoms with Crippen molar-refractivity contribution in [3.05, 3.63) is 41.5 Å². The average Bonchev–Trinajstić information content (AvgIpc) is 3.20. The molecule has 1 fully saturated rings. The van der Waals surface area contributed by atoms with E-state index in [4.69, 9.17) is 4.52 Å². The largest absolute Gasteiger partial charge is 0.375 e. The molecule has 0 atom stereocenters. The number of aryl methyl sites for hydroxylation is 1. The van der Waals surface area contributed by atoms with Crippen molar-refractivity contribution < 1.29 is 9.32 Å². The van der Waals surface area contributed by atoms with Crippen molar-refractivity contribution in [2.24, 2.45) is 0 Å². The molecule has 2 N–H and O–H groups in total. The van der Waals surface area contributed by atoms with Gasteiger partial charge in [-0.1, -0.05) is 24.2 Å². The lowest BCUT2D eigenvalue weighted by Crippen LogP contribution is -2.26. The van der Waals surface area contributed by atoms with E-state index in [-0.39, 0.29) is 5.91 Å². The normalized spacial score (nSPS) is 14.0. The van der Waals surface area contributed by atoms with E-state index in [9.17, 15) is 4.79 Å². The molecule has 110 valence electrons. The lowest BCUT2D eigenvalue weighted by atomic mass is 10.1. The number of hydrogen-bond donors (Lipinski definition) is 2. The number of para-hydroxylation sites is 1. The van der Waals surface area contributed by atoms with Crippen LogP contribution in [0.2, 0.25) is 0 Å². The van der Waals surface area contributed by atoms with Gasteiger partial charge in [0.25, 0.3) is 5.91 Å². The number of amides is 1. The maximum absolute atomic E-state index is 12.2. The third-order valence-electron chi connectivity index (χ3n) is 3.34.